The molecule has 0 fully saturated rings. The quantitative estimate of drug-likeness (QED) is 0.760. The van der Waals surface area contributed by atoms with Gasteiger partial charge in [-0.05, 0) is 46.7 Å². The summed E-state index contributed by atoms with van der Waals surface area (Å²) in [6, 6.07) is 9.82. The molecular weight excluding hydrogens is 326 g/mol. The van der Waals surface area contributed by atoms with E-state index in [2.05, 4.69) is 13.8 Å². The third-order valence-electron chi connectivity index (χ3n) is 5.30. The Morgan fingerprint density at radius 3 is 2.46 bits per heavy atom. The molecule has 134 valence electrons. The highest BCUT2D eigenvalue weighted by Crippen LogP contribution is 2.43. The largest absolute Gasteiger partial charge is 0.496 e. The van der Waals surface area contributed by atoms with Crippen LogP contribution in [0.4, 0.5) is 0 Å². The normalized spacial score (nSPS) is 16.3. The number of benzene rings is 2. The zero-order chi connectivity index (χ0) is 18.4. The van der Waals surface area contributed by atoms with E-state index in [0.29, 0.717) is 17.7 Å². The highest BCUT2D eigenvalue weighted by molar-refractivity contribution is 6.02. The van der Waals surface area contributed by atoms with Gasteiger partial charge in [-0.1, -0.05) is 38.1 Å². The number of nitrogens with zero attached hydrogens (tertiary/aromatic N) is 1. The van der Waals surface area contributed by atoms with E-state index in [1.807, 2.05) is 42.7 Å². The summed E-state index contributed by atoms with van der Waals surface area (Å²) in [5, 5.41) is 12.5. The fourth-order valence-corrected chi connectivity index (χ4v) is 4.03. The molecule has 1 atom stereocenters. The van der Waals surface area contributed by atoms with Crippen LogP contribution in [0.25, 0.3) is 10.8 Å². The van der Waals surface area contributed by atoms with Crippen molar-refractivity contribution in [3.8, 4) is 5.75 Å². The molecule has 1 unspecified atom stereocenters. The molecule has 3 aromatic rings. The van der Waals surface area contributed by atoms with Gasteiger partial charge in [-0.15, -0.1) is 0 Å². The van der Waals surface area contributed by atoms with E-state index in [1.54, 1.807) is 11.7 Å². The van der Waals surface area contributed by atoms with Crippen molar-refractivity contribution in [2.45, 2.75) is 38.7 Å². The van der Waals surface area contributed by atoms with Gasteiger partial charge in [0.15, 0.2) is 0 Å². The second-order valence-electron chi connectivity index (χ2n) is 7.25. The van der Waals surface area contributed by atoms with E-state index >= 15 is 0 Å². The maximum atomic E-state index is 13.3. The molecule has 0 aliphatic heterocycles. The Labute approximate surface area is 153 Å². The van der Waals surface area contributed by atoms with Crippen molar-refractivity contribution in [1.82, 2.24) is 4.57 Å². The fourth-order valence-electron chi connectivity index (χ4n) is 4.03. The molecule has 0 spiro atoms. The van der Waals surface area contributed by atoms with Gasteiger partial charge < -0.3 is 9.84 Å². The average molecular weight is 349 g/mol. The lowest BCUT2D eigenvalue weighted by Crippen LogP contribution is -2.14. The van der Waals surface area contributed by atoms with Gasteiger partial charge in [0.05, 0.1) is 18.8 Å². The highest BCUT2D eigenvalue weighted by Gasteiger charge is 2.31. The Balaban J connectivity index is 1.90. The van der Waals surface area contributed by atoms with Crippen molar-refractivity contribution in [1.29, 1.82) is 0 Å². The van der Waals surface area contributed by atoms with Gasteiger partial charge in [0.2, 0.25) is 0 Å². The van der Waals surface area contributed by atoms with Gasteiger partial charge in [0.1, 0.15) is 5.75 Å². The van der Waals surface area contributed by atoms with Gasteiger partial charge in [0.25, 0.3) is 5.91 Å². The predicted octanol–water partition coefficient (Wildman–Crippen LogP) is 4.44. The Morgan fingerprint density at radius 1 is 1.23 bits per heavy atom. The molecule has 1 aliphatic carbocycles. The molecule has 26 heavy (non-hydrogen) atoms. The molecule has 0 saturated heterocycles. The Bertz CT molecular complexity index is 967. The summed E-state index contributed by atoms with van der Waals surface area (Å²) in [6.07, 6.45) is 4.64. The van der Waals surface area contributed by atoms with Crippen molar-refractivity contribution >= 4 is 16.7 Å². The van der Waals surface area contributed by atoms with E-state index in [4.69, 9.17) is 4.74 Å². The lowest BCUT2D eigenvalue weighted by molar-refractivity contribution is 0.0957. The van der Waals surface area contributed by atoms with Crippen LogP contribution in [0, 0.1) is 0 Å². The smallest absolute Gasteiger partial charge is 0.265 e. The Kier molecular flexibility index (Phi) is 4.08. The Hall–Kier alpha value is -2.59. The first-order chi connectivity index (χ1) is 12.5. The van der Waals surface area contributed by atoms with Crippen LogP contribution in [0.2, 0.25) is 0 Å². The number of aromatic nitrogens is 1. The van der Waals surface area contributed by atoms with Gasteiger partial charge in [-0.25, -0.2) is 0 Å². The van der Waals surface area contributed by atoms with Crippen LogP contribution in [-0.4, -0.2) is 22.7 Å². The molecule has 1 aromatic heterocycles. The number of hydrogen-bond acceptors (Lipinski definition) is 3. The second kappa shape index (κ2) is 6.29. The van der Waals surface area contributed by atoms with E-state index in [0.717, 1.165) is 33.9 Å². The zero-order valence-electron chi connectivity index (χ0n) is 15.3. The molecule has 0 radical (unpaired) electrons. The van der Waals surface area contributed by atoms with Crippen LogP contribution < -0.4 is 4.74 Å². The summed E-state index contributed by atoms with van der Waals surface area (Å²) in [5.41, 5.74) is 3.52. The number of ether oxygens (including phenoxy) is 1. The SMILES string of the molecule is COc1c(C(=O)n2cc3ccccc3c2)cc(C(C)C)c2c1CCC2O. The van der Waals surface area contributed by atoms with Crippen LogP contribution >= 0.6 is 0 Å². The topological polar surface area (TPSA) is 51.5 Å². The molecule has 1 heterocycles. The summed E-state index contributed by atoms with van der Waals surface area (Å²) in [4.78, 5) is 13.3. The number of methoxy groups -OCH3 is 1. The minimum atomic E-state index is -0.477. The maximum Gasteiger partial charge on any atom is 0.265 e. The third kappa shape index (κ3) is 2.53. The van der Waals surface area contributed by atoms with Crippen LogP contribution in [0.1, 0.15) is 59.3 Å². The van der Waals surface area contributed by atoms with Crippen LogP contribution in [0.15, 0.2) is 42.7 Å². The molecule has 1 N–H and O–H groups in total. The number of carbonyl (C=O) groups excluding carboxylic acids is 1. The molecule has 4 rings (SSSR count). The summed E-state index contributed by atoms with van der Waals surface area (Å²) >= 11 is 0. The molecule has 4 heteroatoms. The zero-order valence-corrected chi connectivity index (χ0v) is 15.3. The minimum absolute atomic E-state index is 0.107. The number of aliphatic hydroxyl groups is 1. The number of carbonyl (C=O) groups is 1. The number of aliphatic hydroxyl groups excluding tert-OH is 1. The second-order valence-corrected chi connectivity index (χ2v) is 7.25. The molecule has 1 aliphatic rings. The number of hydrogen-bond donors (Lipinski definition) is 1. The highest BCUT2D eigenvalue weighted by atomic mass is 16.5. The fraction of sp³-hybridized carbons (Fsp3) is 0.318. The minimum Gasteiger partial charge on any atom is -0.496 e. The summed E-state index contributed by atoms with van der Waals surface area (Å²) in [7, 11) is 1.60. The van der Waals surface area contributed by atoms with Gasteiger partial charge >= 0.3 is 0 Å². The summed E-state index contributed by atoms with van der Waals surface area (Å²) < 4.78 is 7.27. The first-order valence-corrected chi connectivity index (χ1v) is 9.04. The molecule has 0 amide bonds. The third-order valence-corrected chi connectivity index (χ3v) is 5.30. The molecule has 0 bridgehead atoms. The average Bonchev–Trinajstić information content (AvgIpc) is 3.23. The van der Waals surface area contributed by atoms with Crippen molar-refractivity contribution in [2.75, 3.05) is 7.11 Å². The standard InChI is InChI=1S/C22H23NO3/c1-13(2)17-10-18(21(26-3)16-8-9-19(24)20(16)17)22(25)23-11-14-6-4-5-7-15(14)12-23/h4-7,10-13,19,24H,8-9H2,1-3H3. The van der Waals surface area contributed by atoms with E-state index < -0.39 is 6.10 Å². The molecular formula is C22H23NO3. The maximum absolute atomic E-state index is 13.3. The van der Waals surface area contributed by atoms with E-state index in [1.165, 1.54) is 0 Å². The van der Waals surface area contributed by atoms with Crippen molar-refractivity contribution in [3.63, 3.8) is 0 Å². The Morgan fingerprint density at radius 2 is 1.88 bits per heavy atom. The number of rotatable bonds is 3. The molecule has 4 nitrogen and oxygen atoms in total. The summed E-state index contributed by atoms with van der Waals surface area (Å²) in [6.45, 7) is 4.18. The first-order valence-electron chi connectivity index (χ1n) is 9.04. The van der Waals surface area contributed by atoms with Gasteiger partial charge in [-0.3, -0.25) is 9.36 Å². The monoisotopic (exact) mass is 349 g/mol. The molecule has 2 aromatic carbocycles. The lowest BCUT2D eigenvalue weighted by Gasteiger charge is -2.20. The van der Waals surface area contributed by atoms with Crippen molar-refractivity contribution in [3.05, 3.63) is 65.0 Å². The van der Waals surface area contributed by atoms with E-state index in [-0.39, 0.29) is 11.8 Å². The summed E-state index contributed by atoms with van der Waals surface area (Å²) in [5.74, 6) is 0.713. The first kappa shape index (κ1) is 16.9. The van der Waals surface area contributed by atoms with Crippen LogP contribution in [-0.2, 0) is 6.42 Å². The predicted molar refractivity (Wildman–Crippen MR) is 102 cm³/mol. The van der Waals surface area contributed by atoms with Gasteiger partial charge in [-0.2, -0.15) is 0 Å². The van der Waals surface area contributed by atoms with Crippen molar-refractivity contribution < 1.29 is 14.6 Å². The van der Waals surface area contributed by atoms with Crippen LogP contribution in [0.3, 0.4) is 0 Å². The lowest BCUT2D eigenvalue weighted by atomic mass is 9.90. The number of fused-ring (bicyclic) bond motifs is 2. The van der Waals surface area contributed by atoms with Crippen LogP contribution in [0.5, 0.6) is 5.75 Å². The molecule has 0 saturated carbocycles. The van der Waals surface area contributed by atoms with Crippen molar-refractivity contribution in [2.24, 2.45) is 0 Å². The van der Waals surface area contributed by atoms with E-state index in [9.17, 15) is 9.90 Å². The van der Waals surface area contributed by atoms with Gasteiger partial charge in [0, 0.05) is 18.0 Å².